The number of pyridine rings is 1. The molecule has 7 nitrogen and oxygen atoms in total. The molecule has 1 saturated heterocycles. The minimum absolute atomic E-state index is 0.209. The lowest BCUT2D eigenvalue weighted by molar-refractivity contribution is 0.189. The molecule has 1 aliphatic heterocycles. The molecular formula is C26H28N6O. The second-order valence-corrected chi connectivity index (χ2v) is 9.26. The van der Waals surface area contributed by atoms with E-state index in [1.165, 1.54) is 44.3 Å². The number of nitrogens with one attached hydrogen (secondary N) is 3. The number of nitrogens with zero attached hydrogens (tertiary/aromatic N) is 3. The van der Waals surface area contributed by atoms with Crippen molar-refractivity contribution in [3.8, 4) is 22.5 Å². The Bertz CT molecular complexity index is 1320. The second kappa shape index (κ2) is 8.57. The number of hydrogen-bond acceptors (Lipinski definition) is 5. The molecule has 33 heavy (non-hydrogen) atoms. The molecule has 0 bridgehead atoms. The molecule has 2 aliphatic rings. The fourth-order valence-corrected chi connectivity index (χ4v) is 4.88. The fraction of sp³-hybridized carbons (Fsp3) is 0.346. The van der Waals surface area contributed by atoms with Crippen molar-refractivity contribution in [1.29, 1.82) is 0 Å². The smallest absolute Gasteiger partial charge is 0.273 e. The summed E-state index contributed by atoms with van der Waals surface area (Å²) in [6.45, 7) is 3.31. The topological polar surface area (TPSA) is 89.7 Å². The highest BCUT2D eigenvalue weighted by molar-refractivity contribution is 5.86. The Balaban J connectivity index is 1.18. The lowest BCUT2D eigenvalue weighted by atomic mass is 10.0. The summed E-state index contributed by atoms with van der Waals surface area (Å²) in [5.74, 6) is 0. The largest absolute Gasteiger partial charge is 0.354 e. The van der Waals surface area contributed by atoms with E-state index in [4.69, 9.17) is 0 Å². The number of H-pyrrole nitrogens is 2. The first-order valence-corrected chi connectivity index (χ1v) is 11.8. The maximum absolute atomic E-state index is 12.5. The van der Waals surface area contributed by atoms with Crippen LogP contribution in [0.1, 0.15) is 31.2 Å². The predicted molar refractivity (Wildman–Crippen MR) is 130 cm³/mol. The van der Waals surface area contributed by atoms with Crippen LogP contribution in [-0.4, -0.2) is 50.2 Å². The van der Waals surface area contributed by atoms with E-state index in [1.54, 1.807) is 12.4 Å². The van der Waals surface area contributed by atoms with Gasteiger partial charge in [-0.1, -0.05) is 12.1 Å². The Morgan fingerprint density at radius 3 is 2.61 bits per heavy atom. The summed E-state index contributed by atoms with van der Waals surface area (Å²) >= 11 is 0. The van der Waals surface area contributed by atoms with Crippen LogP contribution in [-0.2, 0) is 6.54 Å². The summed E-state index contributed by atoms with van der Waals surface area (Å²) in [6.07, 6.45) is 8.69. The molecule has 7 heteroatoms. The molecule has 0 spiro atoms. The number of hydrogen-bond donors (Lipinski definition) is 3. The summed E-state index contributed by atoms with van der Waals surface area (Å²) in [4.78, 5) is 22.7. The van der Waals surface area contributed by atoms with E-state index in [0.717, 1.165) is 34.7 Å². The van der Waals surface area contributed by atoms with Crippen LogP contribution in [0.25, 0.3) is 33.4 Å². The van der Waals surface area contributed by atoms with E-state index in [9.17, 15) is 4.79 Å². The summed E-state index contributed by atoms with van der Waals surface area (Å²) in [7, 11) is 0. The van der Waals surface area contributed by atoms with Crippen LogP contribution >= 0.6 is 0 Å². The Labute approximate surface area is 192 Å². The molecule has 1 aromatic carbocycles. The van der Waals surface area contributed by atoms with E-state index in [0.29, 0.717) is 17.3 Å². The zero-order valence-corrected chi connectivity index (χ0v) is 18.6. The SMILES string of the molecule is O=c1[nH]nc(-c2ccncc2)cc1-c1cc2ccc(CNC3CCN(C4CC4)CC3)cc2[nH]1. The number of benzene rings is 1. The molecule has 3 aromatic heterocycles. The van der Waals surface area contributed by atoms with Crippen LogP contribution in [0.3, 0.4) is 0 Å². The van der Waals surface area contributed by atoms with Gasteiger partial charge in [0.15, 0.2) is 0 Å². The highest BCUT2D eigenvalue weighted by atomic mass is 16.1. The van der Waals surface area contributed by atoms with Crippen molar-refractivity contribution >= 4 is 10.9 Å². The third-order valence-corrected chi connectivity index (χ3v) is 6.94. The van der Waals surface area contributed by atoms with Crippen molar-refractivity contribution < 1.29 is 0 Å². The van der Waals surface area contributed by atoms with Crippen LogP contribution in [0.15, 0.2) is 59.7 Å². The van der Waals surface area contributed by atoms with Gasteiger partial charge in [0.1, 0.15) is 0 Å². The second-order valence-electron chi connectivity index (χ2n) is 9.26. The number of rotatable bonds is 6. The van der Waals surface area contributed by atoms with Gasteiger partial charge in [0.2, 0.25) is 0 Å². The summed E-state index contributed by atoms with van der Waals surface area (Å²) < 4.78 is 0. The zero-order chi connectivity index (χ0) is 22.2. The summed E-state index contributed by atoms with van der Waals surface area (Å²) in [5, 5.41) is 11.7. The lowest BCUT2D eigenvalue weighted by Gasteiger charge is -2.32. The number of likely N-dealkylation sites (tertiary alicyclic amines) is 1. The maximum Gasteiger partial charge on any atom is 0.273 e. The Hall–Kier alpha value is -3.29. The summed E-state index contributed by atoms with van der Waals surface area (Å²) in [6, 6.07) is 15.6. The molecule has 1 saturated carbocycles. The standard InChI is InChI=1S/C26H28N6O/c33-26-22(15-24(30-31-26)18-5-9-27-10-6-18)25-14-19-2-1-17(13-23(19)29-25)16-28-20-7-11-32(12-8-20)21-3-4-21/h1-2,5-6,9-10,13-15,20-21,28-29H,3-4,7-8,11-12,16H2,(H,31,33). The van der Waals surface area contributed by atoms with Gasteiger partial charge in [-0.2, -0.15) is 5.10 Å². The van der Waals surface area contributed by atoms with Crippen molar-refractivity contribution in [3.05, 3.63) is 70.8 Å². The molecule has 168 valence electrons. The maximum atomic E-state index is 12.5. The first kappa shape index (κ1) is 20.3. The average Bonchev–Trinajstić information content (AvgIpc) is 3.63. The molecular weight excluding hydrogens is 412 g/mol. The van der Waals surface area contributed by atoms with Gasteiger partial charge in [0.05, 0.1) is 17.0 Å². The fourth-order valence-electron chi connectivity index (χ4n) is 4.88. The van der Waals surface area contributed by atoms with Crippen LogP contribution < -0.4 is 10.9 Å². The molecule has 0 radical (unpaired) electrons. The van der Waals surface area contributed by atoms with Gasteiger partial charge in [-0.05, 0) is 74.7 Å². The first-order chi connectivity index (χ1) is 16.2. The van der Waals surface area contributed by atoms with E-state index in [2.05, 4.69) is 48.6 Å². The van der Waals surface area contributed by atoms with Gasteiger partial charge in [-0.15, -0.1) is 0 Å². The first-order valence-electron chi connectivity index (χ1n) is 11.8. The van der Waals surface area contributed by atoms with Gasteiger partial charge < -0.3 is 15.2 Å². The predicted octanol–water partition coefficient (Wildman–Crippen LogP) is 3.70. The van der Waals surface area contributed by atoms with E-state index in [1.807, 2.05) is 24.3 Å². The molecule has 2 fully saturated rings. The average molecular weight is 441 g/mol. The number of aromatic nitrogens is 4. The van der Waals surface area contributed by atoms with Gasteiger partial charge >= 0.3 is 0 Å². The Kier molecular flexibility index (Phi) is 5.28. The van der Waals surface area contributed by atoms with E-state index in [-0.39, 0.29) is 5.56 Å². The molecule has 0 amide bonds. The molecule has 0 unspecified atom stereocenters. The number of fused-ring (bicyclic) bond motifs is 1. The third-order valence-electron chi connectivity index (χ3n) is 6.94. The minimum atomic E-state index is -0.209. The molecule has 1 aliphatic carbocycles. The highest BCUT2D eigenvalue weighted by Gasteiger charge is 2.31. The number of aromatic amines is 2. The molecule has 4 heterocycles. The van der Waals surface area contributed by atoms with E-state index < -0.39 is 0 Å². The minimum Gasteiger partial charge on any atom is -0.354 e. The molecule has 4 aromatic rings. The van der Waals surface area contributed by atoms with Gasteiger partial charge in [-0.3, -0.25) is 9.78 Å². The van der Waals surface area contributed by atoms with Crippen LogP contribution in [0.2, 0.25) is 0 Å². The monoisotopic (exact) mass is 440 g/mol. The van der Waals surface area contributed by atoms with Crippen molar-refractivity contribution in [3.63, 3.8) is 0 Å². The Morgan fingerprint density at radius 2 is 1.82 bits per heavy atom. The third kappa shape index (κ3) is 4.34. The highest BCUT2D eigenvalue weighted by Crippen LogP contribution is 2.29. The van der Waals surface area contributed by atoms with Crippen LogP contribution in [0, 0.1) is 0 Å². The van der Waals surface area contributed by atoms with Crippen LogP contribution in [0.5, 0.6) is 0 Å². The van der Waals surface area contributed by atoms with Crippen molar-refractivity contribution in [2.24, 2.45) is 0 Å². The normalized spacial score (nSPS) is 17.6. The van der Waals surface area contributed by atoms with Crippen molar-refractivity contribution in [1.82, 2.24) is 30.4 Å². The quantitative estimate of drug-likeness (QED) is 0.425. The van der Waals surface area contributed by atoms with Gasteiger partial charge in [-0.25, -0.2) is 5.10 Å². The molecule has 0 atom stereocenters. The lowest BCUT2D eigenvalue weighted by Crippen LogP contribution is -2.43. The van der Waals surface area contributed by atoms with Gasteiger partial charge in [0, 0.05) is 47.5 Å². The van der Waals surface area contributed by atoms with Gasteiger partial charge in [0.25, 0.3) is 5.56 Å². The van der Waals surface area contributed by atoms with Crippen LogP contribution in [0.4, 0.5) is 0 Å². The number of piperidine rings is 1. The summed E-state index contributed by atoms with van der Waals surface area (Å²) in [5.41, 5.74) is 5.07. The van der Waals surface area contributed by atoms with E-state index >= 15 is 0 Å². The van der Waals surface area contributed by atoms with Crippen molar-refractivity contribution in [2.45, 2.75) is 44.3 Å². The van der Waals surface area contributed by atoms with Crippen molar-refractivity contribution in [2.75, 3.05) is 13.1 Å². The molecule has 3 N–H and O–H groups in total. The molecule has 6 rings (SSSR count). The zero-order valence-electron chi connectivity index (χ0n) is 18.6. The Morgan fingerprint density at radius 1 is 1.00 bits per heavy atom.